The van der Waals surface area contributed by atoms with Gasteiger partial charge in [0.1, 0.15) is 24.2 Å². The summed E-state index contributed by atoms with van der Waals surface area (Å²) in [5, 5.41) is 11.7. The molecule has 2 aliphatic rings. The van der Waals surface area contributed by atoms with Crippen LogP contribution in [0.1, 0.15) is 34.5 Å². The Hall–Kier alpha value is -3.85. The molecule has 1 aromatic heterocycles. The van der Waals surface area contributed by atoms with Crippen molar-refractivity contribution in [2.75, 3.05) is 17.7 Å². The standard InChI is InChI=1S/C26H23N3O5S/c1-15-29(22(14-35-15)25(31)32)24(30)21-11-6-12-23(27-21)28-26(33)34-13-20-18-9-4-2-7-16(18)17-8-3-5-10-19(17)20/h2-12,15,20,22H,13-14H2,1H3,(H,31,32)(H,27,28,33). The molecule has 2 atom stereocenters. The molecule has 2 amide bonds. The first-order chi connectivity index (χ1) is 16.9. The van der Waals surface area contributed by atoms with Crippen LogP contribution < -0.4 is 5.32 Å². The van der Waals surface area contributed by atoms with E-state index in [1.165, 1.54) is 22.7 Å². The average molecular weight is 490 g/mol. The number of hydrogen-bond acceptors (Lipinski definition) is 6. The number of nitrogens with one attached hydrogen (secondary N) is 1. The first kappa shape index (κ1) is 22.9. The van der Waals surface area contributed by atoms with Gasteiger partial charge < -0.3 is 14.7 Å². The predicted molar refractivity (Wildman–Crippen MR) is 132 cm³/mol. The van der Waals surface area contributed by atoms with Crippen LogP contribution in [0.4, 0.5) is 10.6 Å². The Balaban J connectivity index is 1.27. The molecule has 1 fully saturated rings. The van der Waals surface area contributed by atoms with E-state index in [-0.39, 0.29) is 29.4 Å². The number of pyridine rings is 1. The molecule has 178 valence electrons. The second-order valence-electron chi connectivity index (χ2n) is 8.36. The Morgan fingerprint density at radius 3 is 2.34 bits per heavy atom. The number of carboxylic acids is 1. The Labute approximate surface area is 206 Å². The van der Waals surface area contributed by atoms with E-state index in [1.54, 1.807) is 19.1 Å². The summed E-state index contributed by atoms with van der Waals surface area (Å²) >= 11 is 1.40. The monoisotopic (exact) mass is 489 g/mol. The van der Waals surface area contributed by atoms with Crippen LogP contribution in [-0.2, 0) is 9.53 Å². The number of carbonyl (C=O) groups excluding carboxylic acids is 2. The van der Waals surface area contributed by atoms with E-state index in [0.717, 1.165) is 22.3 Å². The van der Waals surface area contributed by atoms with Gasteiger partial charge in [0.15, 0.2) is 0 Å². The molecule has 5 rings (SSSR count). The summed E-state index contributed by atoms with van der Waals surface area (Å²) in [6.45, 7) is 1.94. The average Bonchev–Trinajstić information content (AvgIpc) is 3.40. The number of amides is 2. The lowest BCUT2D eigenvalue weighted by Crippen LogP contribution is -2.45. The van der Waals surface area contributed by atoms with Crippen molar-refractivity contribution >= 4 is 35.5 Å². The number of thioether (sulfide) groups is 1. The molecular weight excluding hydrogens is 466 g/mol. The third-order valence-electron chi connectivity index (χ3n) is 6.28. The predicted octanol–water partition coefficient (Wildman–Crippen LogP) is 4.43. The van der Waals surface area contributed by atoms with Crippen LogP contribution in [0.25, 0.3) is 11.1 Å². The summed E-state index contributed by atoms with van der Waals surface area (Å²) < 4.78 is 5.54. The summed E-state index contributed by atoms with van der Waals surface area (Å²) in [6, 6.07) is 19.9. The number of carboxylic acid groups (broad SMARTS) is 1. The summed E-state index contributed by atoms with van der Waals surface area (Å²) in [4.78, 5) is 42.6. The lowest BCUT2D eigenvalue weighted by atomic mass is 9.98. The zero-order chi connectivity index (χ0) is 24.5. The molecule has 1 aliphatic carbocycles. The molecule has 0 bridgehead atoms. The highest BCUT2D eigenvalue weighted by molar-refractivity contribution is 8.00. The van der Waals surface area contributed by atoms with E-state index >= 15 is 0 Å². The number of carbonyl (C=O) groups is 3. The smallest absolute Gasteiger partial charge is 0.412 e. The number of rotatable bonds is 5. The van der Waals surface area contributed by atoms with Crippen molar-refractivity contribution in [3.8, 4) is 11.1 Å². The number of hydrogen-bond donors (Lipinski definition) is 2. The first-order valence-corrected chi connectivity index (χ1v) is 12.2. The van der Waals surface area contributed by atoms with Gasteiger partial charge in [-0.3, -0.25) is 10.1 Å². The fraction of sp³-hybridized carbons (Fsp3) is 0.231. The van der Waals surface area contributed by atoms with E-state index in [2.05, 4.69) is 22.4 Å². The fourth-order valence-corrected chi connectivity index (χ4v) is 5.80. The SMILES string of the molecule is CC1SCC(C(=O)O)N1C(=O)c1cccc(NC(=O)OCC2c3ccccc3-c3ccccc32)n1. The molecule has 8 nitrogen and oxygen atoms in total. The number of benzene rings is 2. The van der Waals surface area contributed by atoms with E-state index in [1.807, 2.05) is 36.4 Å². The maximum absolute atomic E-state index is 13.0. The van der Waals surface area contributed by atoms with Gasteiger partial charge in [-0.05, 0) is 41.3 Å². The van der Waals surface area contributed by atoms with Gasteiger partial charge in [-0.15, -0.1) is 11.8 Å². The molecule has 2 unspecified atom stereocenters. The van der Waals surface area contributed by atoms with Crippen LogP contribution in [0, 0.1) is 0 Å². The van der Waals surface area contributed by atoms with Gasteiger partial charge in [0.2, 0.25) is 0 Å². The van der Waals surface area contributed by atoms with Gasteiger partial charge in [-0.2, -0.15) is 0 Å². The quantitative estimate of drug-likeness (QED) is 0.546. The highest BCUT2D eigenvalue weighted by Crippen LogP contribution is 2.44. The summed E-state index contributed by atoms with van der Waals surface area (Å²) in [5.74, 6) is -1.15. The summed E-state index contributed by atoms with van der Waals surface area (Å²) in [6.07, 6.45) is -0.683. The molecule has 2 aromatic carbocycles. The van der Waals surface area contributed by atoms with Crippen molar-refractivity contribution in [1.82, 2.24) is 9.88 Å². The van der Waals surface area contributed by atoms with Crippen molar-refractivity contribution < 1.29 is 24.2 Å². The lowest BCUT2D eigenvalue weighted by molar-refractivity contribution is -0.141. The molecule has 35 heavy (non-hydrogen) atoms. The van der Waals surface area contributed by atoms with Crippen molar-refractivity contribution in [1.29, 1.82) is 0 Å². The maximum Gasteiger partial charge on any atom is 0.412 e. The van der Waals surface area contributed by atoms with Gasteiger partial charge in [0, 0.05) is 11.7 Å². The van der Waals surface area contributed by atoms with Crippen LogP contribution in [0.5, 0.6) is 0 Å². The van der Waals surface area contributed by atoms with Crippen LogP contribution in [0.15, 0.2) is 66.7 Å². The van der Waals surface area contributed by atoms with E-state index in [0.29, 0.717) is 5.75 Å². The normalized spacial score (nSPS) is 18.6. The number of anilines is 1. The minimum atomic E-state index is -1.05. The summed E-state index contributed by atoms with van der Waals surface area (Å²) in [7, 11) is 0. The fourth-order valence-electron chi connectivity index (χ4n) is 4.64. The number of aliphatic carboxylic acids is 1. The van der Waals surface area contributed by atoms with E-state index in [4.69, 9.17) is 4.74 Å². The minimum absolute atomic E-state index is 0.0575. The molecule has 3 aromatic rings. The lowest BCUT2D eigenvalue weighted by Gasteiger charge is -2.24. The Kier molecular flexibility index (Phi) is 6.17. The molecular formula is C26H23N3O5S. The van der Waals surface area contributed by atoms with E-state index in [9.17, 15) is 19.5 Å². The third kappa shape index (κ3) is 4.35. The Morgan fingerprint density at radius 1 is 1.03 bits per heavy atom. The van der Waals surface area contributed by atoms with Gasteiger partial charge in [0.05, 0.1) is 5.37 Å². The van der Waals surface area contributed by atoms with Gasteiger partial charge in [-0.25, -0.2) is 14.6 Å². The third-order valence-corrected chi connectivity index (χ3v) is 7.50. The Morgan fingerprint density at radius 2 is 1.69 bits per heavy atom. The van der Waals surface area contributed by atoms with Crippen LogP contribution in [0.2, 0.25) is 0 Å². The molecule has 2 N–H and O–H groups in total. The molecule has 0 spiro atoms. The summed E-state index contributed by atoms with van der Waals surface area (Å²) in [5.41, 5.74) is 4.55. The number of nitrogens with zero attached hydrogens (tertiary/aromatic N) is 2. The second kappa shape index (κ2) is 9.42. The Bertz CT molecular complexity index is 1270. The van der Waals surface area contributed by atoms with Crippen LogP contribution in [-0.4, -0.2) is 56.7 Å². The number of aromatic nitrogens is 1. The topological polar surface area (TPSA) is 109 Å². The number of fused-ring (bicyclic) bond motifs is 3. The maximum atomic E-state index is 13.0. The van der Waals surface area contributed by atoms with Crippen molar-refractivity contribution in [2.24, 2.45) is 0 Å². The molecule has 1 aliphatic heterocycles. The zero-order valence-corrected chi connectivity index (χ0v) is 19.7. The largest absolute Gasteiger partial charge is 0.480 e. The molecule has 2 heterocycles. The minimum Gasteiger partial charge on any atom is -0.480 e. The first-order valence-electron chi connectivity index (χ1n) is 11.2. The zero-order valence-electron chi connectivity index (χ0n) is 18.9. The highest BCUT2D eigenvalue weighted by Gasteiger charge is 2.40. The number of ether oxygens (including phenoxy) is 1. The van der Waals surface area contributed by atoms with Crippen molar-refractivity contribution in [3.05, 3.63) is 83.6 Å². The molecule has 0 saturated carbocycles. The van der Waals surface area contributed by atoms with E-state index < -0.39 is 24.0 Å². The van der Waals surface area contributed by atoms with Gasteiger partial charge in [-0.1, -0.05) is 54.6 Å². The molecule has 1 saturated heterocycles. The van der Waals surface area contributed by atoms with Gasteiger partial charge >= 0.3 is 12.1 Å². The van der Waals surface area contributed by atoms with Crippen LogP contribution in [0.3, 0.4) is 0 Å². The second-order valence-corrected chi connectivity index (χ2v) is 9.71. The van der Waals surface area contributed by atoms with Crippen molar-refractivity contribution in [3.63, 3.8) is 0 Å². The van der Waals surface area contributed by atoms with Crippen molar-refractivity contribution in [2.45, 2.75) is 24.3 Å². The van der Waals surface area contributed by atoms with Gasteiger partial charge in [0.25, 0.3) is 5.91 Å². The van der Waals surface area contributed by atoms with Crippen LogP contribution >= 0.6 is 11.8 Å². The molecule has 9 heteroatoms. The highest BCUT2D eigenvalue weighted by atomic mass is 32.2. The molecule has 0 radical (unpaired) electrons.